The summed E-state index contributed by atoms with van der Waals surface area (Å²) in [6.45, 7) is 11.6. The highest BCUT2D eigenvalue weighted by atomic mass is 19.4. The maximum atomic E-state index is 13.1. The van der Waals surface area contributed by atoms with Gasteiger partial charge >= 0.3 is 6.18 Å². The molecule has 1 unspecified atom stereocenters. The van der Waals surface area contributed by atoms with Crippen LogP contribution < -0.4 is 4.74 Å². The van der Waals surface area contributed by atoms with E-state index in [0.717, 1.165) is 89.5 Å². The van der Waals surface area contributed by atoms with Crippen molar-refractivity contribution in [3.05, 3.63) is 58.4 Å². The van der Waals surface area contributed by atoms with Gasteiger partial charge in [0.1, 0.15) is 11.4 Å². The number of halogens is 3. The molecule has 0 N–H and O–H groups in total. The molecule has 3 aliphatic rings. The fraction of sp³-hybridized carbons (Fsp3) is 0.613. The van der Waals surface area contributed by atoms with Crippen LogP contribution in [0.5, 0.6) is 5.75 Å². The average molecular weight is 575 g/mol. The Bertz CT molecular complexity index is 1180. The molecule has 41 heavy (non-hydrogen) atoms. The minimum atomic E-state index is -4.52. The van der Waals surface area contributed by atoms with Gasteiger partial charge in [-0.3, -0.25) is 19.6 Å². The number of carbonyl (C=O) groups is 1. The number of aromatic nitrogens is 1. The number of fused-ring (bicyclic) bond motifs is 1. The zero-order valence-electron chi connectivity index (χ0n) is 24.1. The summed E-state index contributed by atoms with van der Waals surface area (Å²) in [5.74, 6) is 0.692. The third-order valence-corrected chi connectivity index (χ3v) is 8.90. The molecule has 7 nitrogen and oxygen atoms in total. The Kier molecular flexibility index (Phi) is 9.51. The number of nitrogens with zero attached hydrogens (tertiary/aromatic N) is 4. The molecule has 1 aromatic carbocycles. The van der Waals surface area contributed by atoms with Gasteiger partial charge in [-0.2, -0.15) is 13.2 Å². The van der Waals surface area contributed by atoms with Crippen molar-refractivity contribution in [1.82, 2.24) is 19.7 Å². The third kappa shape index (κ3) is 7.04. The van der Waals surface area contributed by atoms with Crippen LogP contribution in [0.1, 0.15) is 70.9 Å². The summed E-state index contributed by atoms with van der Waals surface area (Å²) in [6.07, 6.45) is 1.78. The first-order chi connectivity index (χ1) is 19.7. The van der Waals surface area contributed by atoms with E-state index in [4.69, 9.17) is 9.47 Å². The second-order valence-electron chi connectivity index (χ2n) is 11.4. The Labute approximate surface area is 240 Å². The minimum absolute atomic E-state index is 0.196. The maximum Gasteiger partial charge on any atom is 0.433 e. The fourth-order valence-corrected chi connectivity index (χ4v) is 6.42. The normalized spacial score (nSPS) is 22.4. The van der Waals surface area contributed by atoms with Crippen molar-refractivity contribution in [2.75, 3.05) is 59.1 Å². The molecular formula is C31H41F3N4O3. The molecule has 2 aromatic rings. The van der Waals surface area contributed by atoms with Gasteiger partial charge in [-0.25, -0.2) is 0 Å². The molecule has 0 saturated carbocycles. The Morgan fingerprint density at radius 2 is 1.83 bits per heavy atom. The van der Waals surface area contributed by atoms with E-state index in [1.54, 1.807) is 4.90 Å². The number of benzene rings is 1. The Balaban J connectivity index is 1.17. The summed E-state index contributed by atoms with van der Waals surface area (Å²) in [6, 6.07) is 6.93. The second-order valence-corrected chi connectivity index (χ2v) is 11.4. The minimum Gasteiger partial charge on any atom is -0.493 e. The van der Waals surface area contributed by atoms with E-state index in [1.165, 1.54) is 22.8 Å². The standard InChI is InChI=1S/C31H41F3N4O3/c1-22-23(2)28(41-17-4-3-12-36-15-18-40-19-16-36)10-9-26(22)27-7-5-6-25-21-37(13-14-38(25)27)30(39)24-8-11-29(35-20-24)31(32,33)34/h8-11,20,25,27H,3-7,12-19,21H2,1-2H3/t25?,27-/m1/s1. The van der Waals surface area contributed by atoms with Crippen LogP contribution in [0.15, 0.2) is 30.5 Å². The molecule has 10 heteroatoms. The predicted molar refractivity (Wildman–Crippen MR) is 150 cm³/mol. The number of hydrogen-bond acceptors (Lipinski definition) is 6. The number of ether oxygens (including phenoxy) is 2. The molecule has 0 radical (unpaired) electrons. The summed E-state index contributed by atoms with van der Waals surface area (Å²) in [5.41, 5.74) is 2.97. The van der Waals surface area contributed by atoms with Gasteiger partial charge in [-0.15, -0.1) is 0 Å². The first kappa shape index (κ1) is 29.8. The van der Waals surface area contributed by atoms with Crippen LogP contribution in [-0.2, 0) is 10.9 Å². The Morgan fingerprint density at radius 1 is 1.02 bits per heavy atom. The highest BCUT2D eigenvalue weighted by molar-refractivity contribution is 5.94. The van der Waals surface area contributed by atoms with Crippen LogP contribution in [0.3, 0.4) is 0 Å². The molecule has 224 valence electrons. The molecule has 4 heterocycles. The SMILES string of the molecule is Cc1c(OCCCCN2CCOCC2)ccc([C@H]2CCCC3CN(C(=O)c4ccc(C(F)(F)F)nc4)CCN32)c1C. The fourth-order valence-electron chi connectivity index (χ4n) is 6.42. The van der Waals surface area contributed by atoms with Crippen molar-refractivity contribution >= 4 is 5.91 Å². The number of carbonyl (C=O) groups excluding carboxylic acids is 1. The smallest absolute Gasteiger partial charge is 0.433 e. The Morgan fingerprint density at radius 3 is 2.56 bits per heavy atom. The first-order valence-electron chi connectivity index (χ1n) is 14.8. The summed E-state index contributed by atoms with van der Waals surface area (Å²) in [4.78, 5) is 23.3. The van der Waals surface area contributed by atoms with Crippen molar-refractivity contribution < 1.29 is 27.4 Å². The molecule has 0 bridgehead atoms. The van der Waals surface area contributed by atoms with Gasteiger partial charge in [0.25, 0.3) is 5.91 Å². The largest absolute Gasteiger partial charge is 0.493 e. The van der Waals surface area contributed by atoms with E-state index in [-0.39, 0.29) is 23.6 Å². The van der Waals surface area contributed by atoms with E-state index in [9.17, 15) is 18.0 Å². The quantitative estimate of drug-likeness (QED) is 0.401. The number of piperidine rings is 1. The molecule has 0 aliphatic carbocycles. The topological polar surface area (TPSA) is 58.1 Å². The van der Waals surface area contributed by atoms with Crippen molar-refractivity contribution in [2.45, 2.75) is 64.2 Å². The number of hydrogen-bond donors (Lipinski definition) is 0. The lowest BCUT2D eigenvalue weighted by atomic mass is 9.86. The van der Waals surface area contributed by atoms with E-state index in [2.05, 4.69) is 40.8 Å². The van der Waals surface area contributed by atoms with Gasteiger partial charge in [-0.05, 0) is 87.4 Å². The van der Waals surface area contributed by atoms with Gasteiger partial charge < -0.3 is 14.4 Å². The number of morpholine rings is 1. The first-order valence-corrected chi connectivity index (χ1v) is 14.8. The van der Waals surface area contributed by atoms with E-state index in [0.29, 0.717) is 19.7 Å². The van der Waals surface area contributed by atoms with Crippen LogP contribution in [0, 0.1) is 13.8 Å². The number of pyridine rings is 1. The van der Waals surface area contributed by atoms with Gasteiger partial charge in [0.05, 0.1) is 25.4 Å². The summed E-state index contributed by atoms with van der Waals surface area (Å²) >= 11 is 0. The molecule has 3 aliphatic heterocycles. The summed E-state index contributed by atoms with van der Waals surface area (Å²) < 4.78 is 50.3. The third-order valence-electron chi connectivity index (χ3n) is 8.90. The maximum absolute atomic E-state index is 13.1. The van der Waals surface area contributed by atoms with Gasteiger partial charge in [0.2, 0.25) is 0 Å². The zero-order chi connectivity index (χ0) is 29.0. The number of rotatable bonds is 8. The number of piperazine rings is 1. The van der Waals surface area contributed by atoms with Crippen molar-refractivity contribution in [2.24, 2.45) is 0 Å². The lowest BCUT2D eigenvalue weighted by Gasteiger charge is -2.48. The average Bonchev–Trinajstić information content (AvgIpc) is 2.98. The highest BCUT2D eigenvalue weighted by Crippen LogP contribution is 2.39. The van der Waals surface area contributed by atoms with Gasteiger partial charge in [-0.1, -0.05) is 6.07 Å². The van der Waals surface area contributed by atoms with Crippen molar-refractivity contribution in [1.29, 1.82) is 0 Å². The van der Waals surface area contributed by atoms with Crippen molar-refractivity contribution in [3.63, 3.8) is 0 Å². The zero-order valence-corrected chi connectivity index (χ0v) is 24.1. The molecule has 0 spiro atoms. The van der Waals surface area contributed by atoms with Crippen LogP contribution in [-0.4, -0.2) is 90.7 Å². The number of unbranched alkanes of at least 4 members (excludes halogenated alkanes) is 1. The number of amides is 1. The lowest BCUT2D eigenvalue weighted by Crippen LogP contribution is -2.57. The van der Waals surface area contributed by atoms with Crippen molar-refractivity contribution in [3.8, 4) is 5.75 Å². The van der Waals surface area contributed by atoms with Gasteiger partial charge in [0, 0.05) is 51.0 Å². The number of alkyl halides is 3. The van der Waals surface area contributed by atoms with Crippen LogP contribution in [0.25, 0.3) is 0 Å². The molecule has 5 rings (SSSR count). The van der Waals surface area contributed by atoms with Crippen LogP contribution >= 0.6 is 0 Å². The molecule has 3 fully saturated rings. The van der Waals surface area contributed by atoms with Crippen LogP contribution in [0.2, 0.25) is 0 Å². The van der Waals surface area contributed by atoms with Crippen LogP contribution in [0.4, 0.5) is 13.2 Å². The lowest BCUT2D eigenvalue weighted by molar-refractivity contribution is -0.141. The summed E-state index contributed by atoms with van der Waals surface area (Å²) in [7, 11) is 0. The van der Waals surface area contributed by atoms with E-state index >= 15 is 0 Å². The molecule has 1 aromatic heterocycles. The highest BCUT2D eigenvalue weighted by Gasteiger charge is 2.38. The summed E-state index contributed by atoms with van der Waals surface area (Å²) in [5, 5.41) is 0. The molecule has 1 amide bonds. The predicted octanol–water partition coefficient (Wildman–Crippen LogP) is 5.26. The molecule has 2 atom stereocenters. The van der Waals surface area contributed by atoms with E-state index in [1.807, 2.05) is 0 Å². The van der Waals surface area contributed by atoms with E-state index < -0.39 is 11.9 Å². The second kappa shape index (κ2) is 13.1. The monoisotopic (exact) mass is 574 g/mol. The Hall–Kier alpha value is -2.69. The van der Waals surface area contributed by atoms with Gasteiger partial charge in [0.15, 0.2) is 0 Å². The molecular weight excluding hydrogens is 533 g/mol. The molecule has 3 saturated heterocycles.